The Morgan fingerprint density at radius 3 is 2.77 bits per heavy atom. The number of aromatic nitrogens is 3. The predicted octanol–water partition coefficient (Wildman–Crippen LogP) is 2.35. The van der Waals surface area contributed by atoms with E-state index in [-0.39, 0.29) is 24.1 Å². The van der Waals surface area contributed by atoms with Crippen molar-refractivity contribution < 1.29 is 9.18 Å². The molecule has 1 amide bonds. The molecule has 0 radical (unpaired) electrons. The molecule has 0 spiro atoms. The van der Waals surface area contributed by atoms with Gasteiger partial charge in [0.05, 0.1) is 11.7 Å². The van der Waals surface area contributed by atoms with Crippen molar-refractivity contribution in [3.63, 3.8) is 0 Å². The smallest absolute Gasteiger partial charge is 0.273 e. The summed E-state index contributed by atoms with van der Waals surface area (Å²) < 4.78 is 15.0. The second-order valence-electron chi connectivity index (χ2n) is 6.53. The Morgan fingerprint density at radius 2 is 2.08 bits per heavy atom. The van der Waals surface area contributed by atoms with Crippen LogP contribution >= 0.6 is 12.4 Å². The zero-order valence-corrected chi connectivity index (χ0v) is 15.9. The molecule has 1 aliphatic heterocycles. The largest absolute Gasteiger partial charge is 0.350 e. The van der Waals surface area contributed by atoms with Gasteiger partial charge in [0, 0.05) is 6.54 Å². The minimum absolute atomic E-state index is 0. The highest BCUT2D eigenvalue weighted by molar-refractivity contribution is 5.93. The van der Waals surface area contributed by atoms with Crippen LogP contribution in [0.25, 0.3) is 0 Å². The Bertz CT molecular complexity index is 758. The summed E-state index contributed by atoms with van der Waals surface area (Å²) >= 11 is 0. The molecule has 26 heavy (non-hydrogen) atoms. The zero-order valence-electron chi connectivity index (χ0n) is 15.1. The third-order valence-electron chi connectivity index (χ3n) is 4.78. The van der Waals surface area contributed by atoms with Crippen LogP contribution in [0, 0.1) is 19.7 Å². The number of aryl methyl sites for hydroxylation is 1. The molecule has 1 saturated heterocycles. The van der Waals surface area contributed by atoms with Crippen molar-refractivity contribution in [1.29, 1.82) is 0 Å². The Morgan fingerprint density at radius 1 is 1.35 bits per heavy atom. The average Bonchev–Trinajstić information content (AvgIpc) is 2.99. The van der Waals surface area contributed by atoms with E-state index in [0.717, 1.165) is 42.8 Å². The van der Waals surface area contributed by atoms with Crippen LogP contribution in [0.1, 0.15) is 46.2 Å². The minimum atomic E-state index is -0.240. The molecule has 1 aromatic carbocycles. The van der Waals surface area contributed by atoms with E-state index in [2.05, 4.69) is 20.9 Å². The molecule has 2 heterocycles. The van der Waals surface area contributed by atoms with Gasteiger partial charge in [0.25, 0.3) is 5.91 Å². The van der Waals surface area contributed by atoms with Gasteiger partial charge < -0.3 is 10.6 Å². The van der Waals surface area contributed by atoms with E-state index < -0.39 is 0 Å². The van der Waals surface area contributed by atoms with Crippen LogP contribution in [0.4, 0.5) is 4.39 Å². The number of carbonyl (C=O) groups excluding carboxylic acids is 1. The molecule has 1 fully saturated rings. The first-order chi connectivity index (χ1) is 12.1. The van der Waals surface area contributed by atoms with Crippen molar-refractivity contribution in [3.8, 4) is 0 Å². The molecular formula is C18H25ClFN5O. The molecule has 2 aromatic rings. The lowest BCUT2D eigenvalue weighted by Crippen LogP contribution is -2.30. The summed E-state index contributed by atoms with van der Waals surface area (Å²) in [7, 11) is 0. The molecule has 0 bridgehead atoms. The topological polar surface area (TPSA) is 71.8 Å². The molecule has 0 unspecified atom stereocenters. The predicted molar refractivity (Wildman–Crippen MR) is 100 cm³/mol. The molecule has 0 saturated carbocycles. The summed E-state index contributed by atoms with van der Waals surface area (Å²) in [6.07, 6.45) is 2.64. The number of halogens is 2. The number of nitrogens with one attached hydrogen (secondary N) is 2. The Labute approximate surface area is 159 Å². The van der Waals surface area contributed by atoms with E-state index >= 15 is 0 Å². The van der Waals surface area contributed by atoms with Crippen LogP contribution in [0.5, 0.6) is 0 Å². The number of piperidine rings is 1. The normalized spacial score (nSPS) is 14.7. The molecular weight excluding hydrogens is 357 g/mol. The summed E-state index contributed by atoms with van der Waals surface area (Å²) in [5.41, 5.74) is 3.11. The van der Waals surface area contributed by atoms with E-state index in [0.29, 0.717) is 24.7 Å². The number of nitrogens with zero attached hydrogens (tertiary/aromatic N) is 3. The Balaban J connectivity index is 0.00000243. The van der Waals surface area contributed by atoms with E-state index in [1.54, 1.807) is 6.07 Å². The van der Waals surface area contributed by atoms with Crippen molar-refractivity contribution in [3.05, 3.63) is 46.5 Å². The highest BCUT2D eigenvalue weighted by Crippen LogP contribution is 2.20. The van der Waals surface area contributed by atoms with E-state index in [4.69, 9.17) is 0 Å². The van der Waals surface area contributed by atoms with Crippen molar-refractivity contribution in [1.82, 2.24) is 25.6 Å². The minimum Gasteiger partial charge on any atom is -0.350 e. The van der Waals surface area contributed by atoms with E-state index in [1.165, 1.54) is 12.1 Å². The maximum Gasteiger partial charge on any atom is 0.273 e. The molecule has 0 aliphatic carbocycles. The maximum atomic E-state index is 13.1. The second-order valence-corrected chi connectivity index (χ2v) is 6.53. The fraction of sp³-hybridized carbons (Fsp3) is 0.500. The number of hydrogen-bond acceptors (Lipinski definition) is 4. The summed E-state index contributed by atoms with van der Waals surface area (Å²) in [5.74, 6) is -0.451. The summed E-state index contributed by atoms with van der Waals surface area (Å²) in [6, 6.07) is 5.01. The Hall–Kier alpha value is -1.99. The van der Waals surface area contributed by atoms with Crippen molar-refractivity contribution in [2.24, 2.45) is 0 Å². The van der Waals surface area contributed by atoms with Crippen LogP contribution in [0.15, 0.2) is 18.2 Å². The number of amides is 1. The third kappa shape index (κ3) is 4.59. The van der Waals surface area contributed by atoms with Gasteiger partial charge in [0.15, 0.2) is 5.69 Å². The number of hydrogen-bond donors (Lipinski definition) is 2. The average molecular weight is 382 g/mol. The Kier molecular flexibility index (Phi) is 7.11. The van der Waals surface area contributed by atoms with Gasteiger partial charge in [-0.2, -0.15) is 0 Å². The molecule has 3 rings (SSSR count). The van der Waals surface area contributed by atoms with Gasteiger partial charge in [-0.25, -0.2) is 9.07 Å². The third-order valence-corrected chi connectivity index (χ3v) is 4.78. The molecule has 0 atom stereocenters. The molecule has 2 N–H and O–H groups in total. The number of benzene rings is 1. The maximum absolute atomic E-state index is 13.1. The van der Waals surface area contributed by atoms with Crippen molar-refractivity contribution in [2.75, 3.05) is 19.6 Å². The van der Waals surface area contributed by atoms with Crippen LogP contribution in [0.3, 0.4) is 0 Å². The van der Waals surface area contributed by atoms with E-state index in [1.807, 2.05) is 18.5 Å². The lowest BCUT2D eigenvalue weighted by molar-refractivity contribution is 0.0948. The lowest BCUT2D eigenvalue weighted by Gasteiger charge is -2.23. The second kappa shape index (κ2) is 9.09. The van der Waals surface area contributed by atoms with Crippen LogP contribution in [-0.2, 0) is 6.42 Å². The summed E-state index contributed by atoms with van der Waals surface area (Å²) in [4.78, 5) is 12.4. The standard InChI is InChI=1S/C18H24FN5O.ClH/c1-12-11-15(19)4-3-14(12)5-10-21-18(25)17-13(2)24(23-22-17)16-6-8-20-9-7-16;/h3-4,11,16,20H,5-10H2,1-2H3,(H,21,25);1H. The summed E-state index contributed by atoms with van der Waals surface area (Å²) in [6.45, 7) is 6.16. The lowest BCUT2D eigenvalue weighted by atomic mass is 10.1. The van der Waals surface area contributed by atoms with Gasteiger partial charge in [0.1, 0.15) is 5.82 Å². The van der Waals surface area contributed by atoms with Crippen molar-refractivity contribution in [2.45, 2.75) is 39.2 Å². The van der Waals surface area contributed by atoms with Crippen LogP contribution in [-0.4, -0.2) is 40.5 Å². The monoisotopic (exact) mass is 381 g/mol. The highest BCUT2D eigenvalue weighted by Gasteiger charge is 2.22. The van der Waals surface area contributed by atoms with Gasteiger partial charge in [0.2, 0.25) is 0 Å². The fourth-order valence-electron chi connectivity index (χ4n) is 3.28. The molecule has 1 aromatic heterocycles. The molecule has 8 heteroatoms. The fourth-order valence-corrected chi connectivity index (χ4v) is 3.28. The van der Waals surface area contributed by atoms with Crippen LogP contribution < -0.4 is 10.6 Å². The zero-order chi connectivity index (χ0) is 17.8. The SMILES string of the molecule is Cc1cc(F)ccc1CCNC(=O)c1nnn(C2CCNCC2)c1C.Cl. The number of rotatable bonds is 5. The molecule has 6 nitrogen and oxygen atoms in total. The van der Waals surface area contributed by atoms with Gasteiger partial charge >= 0.3 is 0 Å². The molecule has 1 aliphatic rings. The number of carbonyl (C=O) groups is 1. The first-order valence-corrected chi connectivity index (χ1v) is 8.72. The quantitative estimate of drug-likeness (QED) is 0.834. The van der Waals surface area contributed by atoms with Gasteiger partial charge in [-0.1, -0.05) is 11.3 Å². The van der Waals surface area contributed by atoms with Crippen molar-refractivity contribution >= 4 is 18.3 Å². The van der Waals surface area contributed by atoms with Gasteiger partial charge in [-0.05, 0) is 69.5 Å². The van der Waals surface area contributed by atoms with E-state index in [9.17, 15) is 9.18 Å². The first kappa shape index (κ1) is 20.3. The molecule has 142 valence electrons. The van der Waals surface area contributed by atoms with Gasteiger partial charge in [-0.3, -0.25) is 4.79 Å². The van der Waals surface area contributed by atoms with Crippen LogP contribution in [0.2, 0.25) is 0 Å². The first-order valence-electron chi connectivity index (χ1n) is 8.72. The summed E-state index contributed by atoms with van der Waals surface area (Å²) in [5, 5.41) is 14.5. The highest BCUT2D eigenvalue weighted by atomic mass is 35.5. The van der Waals surface area contributed by atoms with Gasteiger partial charge in [-0.15, -0.1) is 17.5 Å².